The van der Waals surface area contributed by atoms with Crippen LogP contribution in [0.5, 0.6) is 5.75 Å². The van der Waals surface area contributed by atoms with E-state index in [1.807, 2.05) is 35.8 Å². The molecule has 1 N–H and O–H groups in total. The Morgan fingerprint density at radius 1 is 1.06 bits per heavy atom. The predicted molar refractivity (Wildman–Crippen MR) is 120 cm³/mol. The molecule has 160 valence electrons. The van der Waals surface area contributed by atoms with Crippen molar-refractivity contribution >= 4 is 40.8 Å². The van der Waals surface area contributed by atoms with Crippen LogP contribution in [0.1, 0.15) is 24.2 Å². The fourth-order valence-corrected chi connectivity index (χ4v) is 4.09. The predicted octanol–water partition coefficient (Wildman–Crippen LogP) is 3.76. The van der Waals surface area contributed by atoms with E-state index in [4.69, 9.17) is 4.74 Å². The molecule has 0 fully saturated rings. The summed E-state index contributed by atoms with van der Waals surface area (Å²) in [6.45, 7) is 5.65. The maximum atomic E-state index is 12.3. The zero-order chi connectivity index (χ0) is 21.8. The molecule has 1 aliphatic heterocycles. The first-order chi connectivity index (χ1) is 15.0. The summed E-state index contributed by atoms with van der Waals surface area (Å²) >= 11 is 1.35. The van der Waals surface area contributed by atoms with Crippen molar-refractivity contribution in [1.29, 1.82) is 0 Å². The molecule has 0 bridgehead atoms. The maximum Gasteiger partial charge on any atom is 0.234 e. The minimum atomic E-state index is -0.140. The summed E-state index contributed by atoms with van der Waals surface area (Å²) in [6, 6.07) is 14.8. The van der Waals surface area contributed by atoms with E-state index in [0.717, 1.165) is 30.5 Å². The van der Waals surface area contributed by atoms with Crippen molar-refractivity contribution in [2.45, 2.75) is 25.5 Å². The minimum Gasteiger partial charge on any atom is -0.494 e. The Labute approximate surface area is 184 Å². The average molecular weight is 438 g/mol. The van der Waals surface area contributed by atoms with Gasteiger partial charge < -0.3 is 15.0 Å². The standard InChI is InChI=1S/C22H23N5O3S/c1-3-30-19-10-8-18(9-11-19)26-12-13-27-21(26)24-25-22(27)31-14-20(29)23-17-6-4-16(5-7-17)15(2)28/h4-11H,3,12-14H2,1-2H3,(H,23,29). The Balaban J connectivity index is 1.36. The summed E-state index contributed by atoms with van der Waals surface area (Å²) < 4.78 is 7.53. The van der Waals surface area contributed by atoms with E-state index in [9.17, 15) is 9.59 Å². The van der Waals surface area contributed by atoms with Crippen LogP contribution < -0.4 is 15.0 Å². The second kappa shape index (κ2) is 9.22. The highest BCUT2D eigenvalue weighted by Gasteiger charge is 2.26. The number of fused-ring (bicyclic) bond motifs is 1. The van der Waals surface area contributed by atoms with Crippen molar-refractivity contribution in [2.24, 2.45) is 0 Å². The van der Waals surface area contributed by atoms with Crippen LogP contribution in [0.3, 0.4) is 0 Å². The number of Topliss-reactive ketones (excluding diaryl/α,β-unsaturated/α-hetero) is 1. The van der Waals surface area contributed by atoms with Crippen LogP contribution in [-0.4, -0.2) is 45.4 Å². The van der Waals surface area contributed by atoms with Gasteiger partial charge in [0, 0.05) is 30.0 Å². The maximum absolute atomic E-state index is 12.3. The molecule has 9 heteroatoms. The summed E-state index contributed by atoms with van der Waals surface area (Å²) in [7, 11) is 0. The molecule has 2 aromatic carbocycles. The highest BCUT2D eigenvalue weighted by Crippen LogP contribution is 2.32. The molecule has 0 aliphatic carbocycles. The van der Waals surface area contributed by atoms with E-state index in [1.165, 1.54) is 18.7 Å². The Kier molecular flexibility index (Phi) is 6.22. The third-order valence-corrected chi connectivity index (χ3v) is 5.82. The van der Waals surface area contributed by atoms with Gasteiger partial charge in [-0.2, -0.15) is 0 Å². The summed E-state index contributed by atoms with van der Waals surface area (Å²) in [6.07, 6.45) is 0. The van der Waals surface area contributed by atoms with Crippen molar-refractivity contribution in [3.05, 3.63) is 54.1 Å². The lowest BCUT2D eigenvalue weighted by Crippen LogP contribution is -2.15. The van der Waals surface area contributed by atoms with Gasteiger partial charge in [-0.25, -0.2) is 0 Å². The van der Waals surface area contributed by atoms with Crippen LogP contribution in [-0.2, 0) is 11.3 Å². The van der Waals surface area contributed by atoms with Gasteiger partial charge in [0.2, 0.25) is 11.9 Å². The van der Waals surface area contributed by atoms with Crippen LogP contribution in [0.15, 0.2) is 53.7 Å². The zero-order valence-electron chi connectivity index (χ0n) is 17.4. The molecule has 0 atom stereocenters. The molecule has 8 nitrogen and oxygen atoms in total. The summed E-state index contributed by atoms with van der Waals surface area (Å²) in [5, 5.41) is 12.1. The van der Waals surface area contributed by atoms with Crippen LogP contribution in [0.25, 0.3) is 0 Å². The molecule has 0 saturated carbocycles. The van der Waals surface area contributed by atoms with Crippen molar-refractivity contribution in [2.75, 3.05) is 29.1 Å². The van der Waals surface area contributed by atoms with E-state index in [0.29, 0.717) is 23.0 Å². The Morgan fingerprint density at radius 3 is 2.48 bits per heavy atom. The smallest absolute Gasteiger partial charge is 0.234 e. The second-order valence-corrected chi connectivity index (χ2v) is 7.93. The molecule has 2 heterocycles. The number of carbonyl (C=O) groups is 2. The number of benzene rings is 2. The molecule has 4 rings (SSSR count). The van der Waals surface area contributed by atoms with Gasteiger partial charge in [-0.3, -0.25) is 14.2 Å². The lowest BCUT2D eigenvalue weighted by atomic mass is 10.1. The van der Waals surface area contributed by atoms with Gasteiger partial charge >= 0.3 is 0 Å². The molecule has 0 radical (unpaired) electrons. The number of hydrogen-bond donors (Lipinski definition) is 1. The summed E-state index contributed by atoms with van der Waals surface area (Å²) in [4.78, 5) is 25.8. The van der Waals surface area contributed by atoms with Crippen molar-refractivity contribution < 1.29 is 14.3 Å². The van der Waals surface area contributed by atoms with Gasteiger partial charge in [0.1, 0.15) is 5.75 Å². The van der Waals surface area contributed by atoms with E-state index >= 15 is 0 Å². The van der Waals surface area contributed by atoms with Crippen LogP contribution in [0.2, 0.25) is 0 Å². The zero-order valence-corrected chi connectivity index (χ0v) is 18.2. The number of amides is 1. The van der Waals surface area contributed by atoms with E-state index in [-0.39, 0.29) is 17.4 Å². The quantitative estimate of drug-likeness (QED) is 0.424. The number of anilines is 3. The molecule has 1 aromatic heterocycles. The van der Waals surface area contributed by atoms with Gasteiger partial charge in [0.05, 0.1) is 12.4 Å². The lowest BCUT2D eigenvalue weighted by Gasteiger charge is -2.15. The molecule has 3 aromatic rings. The van der Waals surface area contributed by atoms with E-state index in [1.54, 1.807) is 24.3 Å². The fourth-order valence-electron chi connectivity index (χ4n) is 3.33. The number of nitrogens with zero attached hydrogens (tertiary/aromatic N) is 4. The number of aromatic nitrogens is 3. The second-order valence-electron chi connectivity index (χ2n) is 6.98. The van der Waals surface area contributed by atoms with Gasteiger partial charge in [0.25, 0.3) is 0 Å². The number of rotatable bonds is 8. The minimum absolute atomic E-state index is 0.00614. The van der Waals surface area contributed by atoms with E-state index in [2.05, 4.69) is 20.4 Å². The number of hydrogen-bond acceptors (Lipinski definition) is 7. The third-order valence-electron chi connectivity index (χ3n) is 4.85. The van der Waals surface area contributed by atoms with Gasteiger partial charge in [-0.15, -0.1) is 10.2 Å². The molecular formula is C22H23N5O3S. The average Bonchev–Trinajstić information content (AvgIpc) is 3.36. The first-order valence-electron chi connectivity index (χ1n) is 10.0. The third kappa shape index (κ3) is 4.72. The number of ether oxygens (including phenoxy) is 1. The fraction of sp³-hybridized carbons (Fsp3) is 0.273. The van der Waals surface area contributed by atoms with Crippen molar-refractivity contribution in [1.82, 2.24) is 14.8 Å². The Morgan fingerprint density at radius 2 is 1.81 bits per heavy atom. The molecule has 1 amide bonds. The van der Waals surface area contributed by atoms with Crippen molar-refractivity contribution in [3.8, 4) is 5.75 Å². The first kappa shape index (κ1) is 20.9. The molecule has 31 heavy (non-hydrogen) atoms. The Bertz CT molecular complexity index is 1080. The number of nitrogens with one attached hydrogen (secondary N) is 1. The number of carbonyl (C=O) groups excluding carboxylic acids is 2. The lowest BCUT2D eigenvalue weighted by molar-refractivity contribution is -0.113. The highest BCUT2D eigenvalue weighted by atomic mass is 32.2. The molecule has 0 saturated heterocycles. The summed E-state index contributed by atoms with van der Waals surface area (Å²) in [5.74, 6) is 1.68. The SMILES string of the molecule is CCOc1ccc(N2CCn3c(SCC(=O)Nc4ccc(C(C)=O)cc4)nnc32)cc1. The van der Waals surface area contributed by atoms with Gasteiger partial charge in [-0.1, -0.05) is 11.8 Å². The molecule has 1 aliphatic rings. The summed E-state index contributed by atoms with van der Waals surface area (Å²) in [5.41, 5.74) is 2.30. The normalized spacial score (nSPS) is 12.5. The van der Waals surface area contributed by atoms with Gasteiger partial charge in [0.15, 0.2) is 10.9 Å². The number of ketones is 1. The topological polar surface area (TPSA) is 89.4 Å². The molecule has 0 spiro atoms. The van der Waals surface area contributed by atoms with E-state index < -0.39 is 0 Å². The Hall–Kier alpha value is -3.33. The number of thioether (sulfide) groups is 1. The largest absolute Gasteiger partial charge is 0.494 e. The van der Waals surface area contributed by atoms with Crippen molar-refractivity contribution in [3.63, 3.8) is 0 Å². The monoisotopic (exact) mass is 437 g/mol. The van der Waals surface area contributed by atoms with Crippen LogP contribution in [0.4, 0.5) is 17.3 Å². The first-order valence-corrected chi connectivity index (χ1v) is 11.0. The van der Waals surface area contributed by atoms with Gasteiger partial charge in [-0.05, 0) is 62.4 Å². The molecular weight excluding hydrogens is 414 g/mol. The highest BCUT2D eigenvalue weighted by molar-refractivity contribution is 7.99. The molecule has 0 unspecified atom stereocenters. The van der Waals surface area contributed by atoms with Crippen LogP contribution in [0, 0.1) is 0 Å². The van der Waals surface area contributed by atoms with Crippen LogP contribution >= 0.6 is 11.8 Å².